The van der Waals surface area contributed by atoms with Crippen LogP contribution in [0.15, 0.2) is 29.3 Å². The summed E-state index contributed by atoms with van der Waals surface area (Å²) in [6.45, 7) is 3.76. The van der Waals surface area contributed by atoms with E-state index in [2.05, 4.69) is 34.5 Å². The first-order valence-electron chi connectivity index (χ1n) is 12.7. The summed E-state index contributed by atoms with van der Waals surface area (Å²) in [4.78, 5) is 22.9. The molecule has 2 fully saturated rings. The number of amidine groups is 1. The highest BCUT2D eigenvalue weighted by molar-refractivity contribution is 6.04. The van der Waals surface area contributed by atoms with Crippen molar-refractivity contribution in [3.8, 4) is 0 Å². The van der Waals surface area contributed by atoms with Crippen molar-refractivity contribution >= 4 is 17.6 Å². The molecule has 2 aliphatic heterocycles. The number of amides is 2. The van der Waals surface area contributed by atoms with Crippen LogP contribution in [0.5, 0.6) is 0 Å². The van der Waals surface area contributed by atoms with Crippen LogP contribution < -0.4 is 10.2 Å². The van der Waals surface area contributed by atoms with Crippen LogP contribution in [0.3, 0.4) is 0 Å². The molecule has 5 nitrogen and oxygen atoms in total. The van der Waals surface area contributed by atoms with E-state index in [1.54, 1.807) is 0 Å². The van der Waals surface area contributed by atoms with Gasteiger partial charge in [0.15, 0.2) is 0 Å². The minimum Gasteiger partial charge on any atom is -0.301 e. The predicted octanol–water partition coefficient (Wildman–Crippen LogP) is 5.54. The Bertz CT molecular complexity index is 741. The number of aryl methyl sites for hydroxylation is 1. The standard InChI is InChI=1S/C26H40N4O/c31-26-28-25(27-23-13-7-5-8-14-23)16-18-29-17-9-4-2-1-3-6-11-22-12-10-15-24(21-22)30(26)20-19-29/h10,12,15,21,23H,1-9,11,13-14,16-20H2,(H,27,28,31). The van der Waals surface area contributed by atoms with Gasteiger partial charge >= 0.3 is 6.03 Å². The van der Waals surface area contributed by atoms with E-state index >= 15 is 0 Å². The van der Waals surface area contributed by atoms with Crippen LogP contribution in [0.25, 0.3) is 0 Å². The second-order valence-corrected chi connectivity index (χ2v) is 9.58. The number of hydrogen-bond donors (Lipinski definition) is 1. The summed E-state index contributed by atoms with van der Waals surface area (Å²) in [6, 6.07) is 8.99. The Labute approximate surface area is 188 Å². The lowest BCUT2D eigenvalue weighted by Crippen LogP contribution is -2.44. The first-order valence-corrected chi connectivity index (χ1v) is 12.7. The summed E-state index contributed by atoms with van der Waals surface area (Å²) in [7, 11) is 0. The average molecular weight is 425 g/mol. The molecule has 3 aliphatic rings. The molecule has 1 unspecified atom stereocenters. The zero-order valence-electron chi connectivity index (χ0n) is 19.2. The molecule has 0 spiro atoms. The van der Waals surface area contributed by atoms with Crippen molar-refractivity contribution in [2.75, 3.05) is 31.1 Å². The van der Waals surface area contributed by atoms with Gasteiger partial charge in [-0.1, -0.05) is 57.1 Å². The van der Waals surface area contributed by atoms with E-state index in [4.69, 9.17) is 4.99 Å². The molecule has 1 saturated heterocycles. The molecule has 1 atom stereocenters. The van der Waals surface area contributed by atoms with Crippen molar-refractivity contribution in [2.24, 2.45) is 4.99 Å². The van der Waals surface area contributed by atoms with Crippen LogP contribution in [0.2, 0.25) is 0 Å². The van der Waals surface area contributed by atoms with E-state index in [0.717, 1.165) is 63.4 Å². The Hall–Kier alpha value is -1.88. The Kier molecular flexibility index (Phi) is 8.39. The highest BCUT2D eigenvalue weighted by atomic mass is 16.2. The molecule has 0 aromatic heterocycles. The van der Waals surface area contributed by atoms with E-state index in [0.29, 0.717) is 6.04 Å². The van der Waals surface area contributed by atoms with Gasteiger partial charge < -0.3 is 4.90 Å². The number of fused-ring (bicyclic) bond motifs is 6. The summed E-state index contributed by atoms with van der Waals surface area (Å²) in [5.74, 6) is 0.895. The van der Waals surface area contributed by atoms with E-state index in [1.807, 2.05) is 4.90 Å². The van der Waals surface area contributed by atoms with Gasteiger partial charge in [0.25, 0.3) is 0 Å². The largest absolute Gasteiger partial charge is 0.327 e. The second-order valence-electron chi connectivity index (χ2n) is 9.58. The zero-order chi connectivity index (χ0) is 21.3. The monoisotopic (exact) mass is 424 g/mol. The molecule has 5 heteroatoms. The molecule has 170 valence electrons. The van der Waals surface area contributed by atoms with Crippen molar-refractivity contribution < 1.29 is 4.79 Å². The number of nitrogens with one attached hydrogen (secondary N) is 1. The Morgan fingerprint density at radius 2 is 1.58 bits per heavy atom. The lowest BCUT2D eigenvalue weighted by atomic mass is 9.96. The number of carbonyl (C=O) groups excluding carboxylic acids is 1. The summed E-state index contributed by atoms with van der Waals surface area (Å²) >= 11 is 0. The lowest BCUT2D eigenvalue weighted by molar-refractivity contribution is 0.248. The van der Waals surface area contributed by atoms with Crippen molar-refractivity contribution in [3.63, 3.8) is 0 Å². The first kappa shape index (κ1) is 22.3. The normalized spacial score (nSPS) is 26.3. The van der Waals surface area contributed by atoms with Gasteiger partial charge in [-0.3, -0.25) is 15.2 Å². The molecule has 1 N–H and O–H groups in total. The molecule has 0 radical (unpaired) electrons. The Morgan fingerprint density at radius 1 is 0.806 bits per heavy atom. The van der Waals surface area contributed by atoms with Crippen LogP contribution >= 0.6 is 0 Å². The lowest BCUT2D eigenvalue weighted by Gasteiger charge is -2.26. The second kappa shape index (κ2) is 11.7. The van der Waals surface area contributed by atoms with Crippen LogP contribution in [-0.2, 0) is 6.42 Å². The quantitative estimate of drug-likeness (QED) is 0.644. The number of rotatable bonds is 1. The van der Waals surface area contributed by atoms with E-state index in [-0.39, 0.29) is 6.03 Å². The third kappa shape index (κ3) is 6.80. The van der Waals surface area contributed by atoms with E-state index in [1.165, 1.54) is 63.4 Å². The first-order chi connectivity index (χ1) is 15.3. The van der Waals surface area contributed by atoms with Crippen LogP contribution in [0, 0.1) is 0 Å². The van der Waals surface area contributed by atoms with Crippen molar-refractivity contribution in [1.82, 2.24) is 10.2 Å². The number of anilines is 1. The molecule has 2 heterocycles. The van der Waals surface area contributed by atoms with E-state index in [9.17, 15) is 4.79 Å². The molecule has 4 rings (SSSR count). The summed E-state index contributed by atoms with van der Waals surface area (Å²) in [5.41, 5.74) is 2.36. The highest BCUT2D eigenvalue weighted by Crippen LogP contribution is 2.22. The summed E-state index contributed by atoms with van der Waals surface area (Å²) in [5, 5.41) is 3.22. The van der Waals surface area contributed by atoms with Crippen molar-refractivity contribution in [1.29, 1.82) is 0 Å². The smallest absolute Gasteiger partial charge is 0.301 e. The molecule has 4 bridgehead atoms. The van der Waals surface area contributed by atoms with Gasteiger partial charge in [0.2, 0.25) is 0 Å². The number of nitrogens with zero attached hydrogens (tertiary/aromatic N) is 3. The molecule has 1 saturated carbocycles. The zero-order valence-corrected chi connectivity index (χ0v) is 19.2. The summed E-state index contributed by atoms with van der Waals surface area (Å²) < 4.78 is 0. The SMILES string of the molecule is O=C1NC(=NC2CCCCC2)CCN2CCCCCCCCc3cccc(c3)N1CC2. The third-order valence-electron chi connectivity index (χ3n) is 7.13. The van der Waals surface area contributed by atoms with Gasteiger partial charge in [0, 0.05) is 31.7 Å². The number of benzene rings is 1. The molecule has 2 amide bonds. The predicted molar refractivity (Wildman–Crippen MR) is 129 cm³/mol. The Balaban J connectivity index is 1.58. The number of aliphatic imine (C=N–C) groups is 1. The molecule has 31 heavy (non-hydrogen) atoms. The fourth-order valence-electron chi connectivity index (χ4n) is 5.22. The fourth-order valence-corrected chi connectivity index (χ4v) is 5.22. The minimum absolute atomic E-state index is 0.0159. The molecular formula is C26H40N4O. The number of hydrogen-bond acceptors (Lipinski definition) is 3. The van der Waals surface area contributed by atoms with Gasteiger partial charge in [-0.2, -0.15) is 0 Å². The molecule has 1 aromatic carbocycles. The Morgan fingerprint density at radius 3 is 2.45 bits per heavy atom. The maximum atomic E-state index is 13.3. The van der Waals surface area contributed by atoms with Crippen molar-refractivity contribution in [3.05, 3.63) is 29.8 Å². The number of urea groups is 1. The molecule has 1 aliphatic carbocycles. The maximum absolute atomic E-state index is 13.3. The van der Waals surface area contributed by atoms with Gasteiger partial charge in [0.05, 0.1) is 6.04 Å². The van der Waals surface area contributed by atoms with Crippen LogP contribution in [0.1, 0.15) is 82.6 Å². The molecule has 1 aromatic rings. The highest BCUT2D eigenvalue weighted by Gasteiger charge is 2.23. The van der Waals surface area contributed by atoms with Crippen molar-refractivity contribution in [2.45, 2.75) is 89.5 Å². The minimum atomic E-state index is -0.0159. The fraction of sp³-hybridized carbons (Fsp3) is 0.692. The average Bonchev–Trinajstić information content (AvgIpc) is 2.85. The van der Waals surface area contributed by atoms with Crippen LogP contribution in [0.4, 0.5) is 10.5 Å². The van der Waals surface area contributed by atoms with Gasteiger partial charge in [-0.15, -0.1) is 0 Å². The maximum Gasteiger partial charge on any atom is 0.327 e. The van der Waals surface area contributed by atoms with Gasteiger partial charge in [-0.05, 0) is 56.3 Å². The van der Waals surface area contributed by atoms with Crippen LogP contribution in [-0.4, -0.2) is 49.0 Å². The summed E-state index contributed by atoms with van der Waals surface area (Å²) in [6.07, 6.45) is 15.9. The van der Waals surface area contributed by atoms with Gasteiger partial charge in [0.1, 0.15) is 5.84 Å². The third-order valence-corrected chi connectivity index (χ3v) is 7.13. The van der Waals surface area contributed by atoms with E-state index < -0.39 is 0 Å². The van der Waals surface area contributed by atoms with Gasteiger partial charge in [-0.25, -0.2) is 4.79 Å². The molecular weight excluding hydrogens is 384 g/mol. The topological polar surface area (TPSA) is 47.9 Å². The number of carbonyl (C=O) groups is 1.